The minimum absolute atomic E-state index is 0.744. The smallest absolute Gasteiger partial charge is 0.209 e. The first-order chi connectivity index (χ1) is 7.63. The Morgan fingerprint density at radius 1 is 0.562 bits per heavy atom. The highest BCUT2D eigenvalue weighted by Gasteiger charge is 2.47. The van der Waals surface area contributed by atoms with Crippen molar-refractivity contribution in [3.63, 3.8) is 0 Å². The van der Waals surface area contributed by atoms with E-state index in [2.05, 4.69) is 32.6 Å². The van der Waals surface area contributed by atoms with E-state index in [9.17, 15) is 13.2 Å². The Balaban J connectivity index is 1.83. The van der Waals surface area contributed by atoms with Crippen molar-refractivity contribution < 1.29 is 13.2 Å². The maximum atomic E-state index is 13.1. The fraction of sp³-hybridized carbons (Fsp3) is 1.00. The van der Waals surface area contributed by atoms with Crippen LogP contribution in [0.1, 0.15) is 0 Å². The zero-order chi connectivity index (χ0) is 11.3. The van der Waals surface area contributed by atoms with E-state index in [0.717, 1.165) is 15.4 Å². The summed E-state index contributed by atoms with van der Waals surface area (Å²) in [6.07, 6.45) is -5.76. The molecule has 3 aliphatic heterocycles. The molecule has 0 atom stereocenters. The molecule has 0 aromatic heterocycles. The third kappa shape index (κ3) is 1.65. The Morgan fingerprint density at radius 3 is 1.06 bits per heavy atom. The number of alkyl halides is 3. The van der Waals surface area contributed by atoms with Crippen LogP contribution in [0.15, 0.2) is 0 Å². The number of hydrazine groups is 6. The van der Waals surface area contributed by atoms with E-state index in [1.54, 1.807) is 0 Å². The van der Waals surface area contributed by atoms with Crippen LogP contribution in [0.4, 0.5) is 13.2 Å². The van der Waals surface area contributed by atoms with E-state index < -0.39 is 25.5 Å². The highest BCUT2D eigenvalue weighted by Crippen LogP contribution is 2.15. The Bertz CT molecular complexity index is 219. The molecular formula is C4H10F3N9. The number of rotatable bonds is 0. The summed E-state index contributed by atoms with van der Waals surface area (Å²) >= 11 is 0. The summed E-state index contributed by atoms with van der Waals surface area (Å²) in [7, 11) is 0. The van der Waals surface area contributed by atoms with Gasteiger partial charge in [0, 0.05) is 0 Å². The van der Waals surface area contributed by atoms with E-state index in [0.29, 0.717) is 0 Å². The molecule has 0 aromatic carbocycles. The fourth-order valence-electron chi connectivity index (χ4n) is 1.68. The first-order valence-electron chi connectivity index (χ1n) is 4.50. The summed E-state index contributed by atoms with van der Waals surface area (Å²) in [5.74, 6) is 0. The van der Waals surface area contributed by atoms with Gasteiger partial charge in [-0.05, 0) is 0 Å². The standard InChI is InChI=1S/C4H10F3N9/c5-1-8-14-4-15(9-1)11-3(7)13-16(4)12-2(6)10-14/h1-4,8-13H. The van der Waals surface area contributed by atoms with E-state index in [1.807, 2.05) is 0 Å². The van der Waals surface area contributed by atoms with Gasteiger partial charge in [0.1, 0.15) is 0 Å². The van der Waals surface area contributed by atoms with Crippen molar-refractivity contribution in [2.24, 2.45) is 0 Å². The molecule has 0 radical (unpaired) electrons. The minimum Gasteiger partial charge on any atom is -0.209 e. The van der Waals surface area contributed by atoms with Crippen LogP contribution in [0, 0.1) is 0 Å². The molecule has 3 heterocycles. The van der Waals surface area contributed by atoms with Gasteiger partial charge in [-0.2, -0.15) is 32.6 Å². The van der Waals surface area contributed by atoms with Crippen molar-refractivity contribution in [1.29, 1.82) is 0 Å². The van der Waals surface area contributed by atoms with Crippen molar-refractivity contribution in [2.75, 3.05) is 0 Å². The molecule has 3 aliphatic rings. The van der Waals surface area contributed by atoms with Gasteiger partial charge in [0.2, 0.25) is 19.3 Å². The van der Waals surface area contributed by atoms with E-state index in [-0.39, 0.29) is 0 Å². The number of nitrogens with zero attached hydrogens (tertiary/aromatic N) is 3. The van der Waals surface area contributed by atoms with Gasteiger partial charge in [0.25, 0.3) is 0 Å². The van der Waals surface area contributed by atoms with Gasteiger partial charge in [-0.25, -0.2) is 13.2 Å². The summed E-state index contributed by atoms with van der Waals surface area (Å²) in [4.78, 5) is 0. The van der Waals surface area contributed by atoms with Gasteiger partial charge < -0.3 is 0 Å². The molecular weight excluding hydrogens is 231 g/mol. The molecule has 92 valence electrons. The van der Waals surface area contributed by atoms with Crippen LogP contribution in [0.25, 0.3) is 0 Å². The maximum absolute atomic E-state index is 13.1. The normalized spacial score (nSPS) is 46.7. The van der Waals surface area contributed by atoms with Crippen molar-refractivity contribution in [2.45, 2.75) is 25.5 Å². The number of hydrogen-bond acceptors (Lipinski definition) is 9. The van der Waals surface area contributed by atoms with Crippen LogP contribution in [0.3, 0.4) is 0 Å². The van der Waals surface area contributed by atoms with Gasteiger partial charge in [-0.15, -0.1) is 15.4 Å². The lowest BCUT2D eigenvalue weighted by Gasteiger charge is -2.55. The molecule has 3 fully saturated rings. The molecule has 0 saturated carbocycles. The first-order valence-corrected chi connectivity index (χ1v) is 4.50. The molecule has 0 bridgehead atoms. The third-order valence-corrected chi connectivity index (χ3v) is 2.21. The van der Waals surface area contributed by atoms with Crippen LogP contribution < -0.4 is 32.6 Å². The number of halogens is 3. The zero-order valence-corrected chi connectivity index (χ0v) is 7.78. The summed E-state index contributed by atoms with van der Waals surface area (Å²) < 4.78 is 39.3. The fourth-order valence-corrected chi connectivity index (χ4v) is 1.68. The van der Waals surface area contributed by atoms with Crippen LogP contribution in [0.2, 0.25) is 0 Å². The monoisotopic (exact) mass is 241 g/mol. The van der Waals surface area contributed by atoms with Crippen LogP contribution in [-0.4, -0.2) is 40.9 Å². The van der Waals surface area contributed by atoms with Gasteiger partial charge in [0.05, 0.1) is 0 Å². The molecule has 0 spiro atoms. The van der Waals surface area contributed by atoms with Crippen molar-refractivity contribution in [1.82, 2.24) is 47.9 Å². The average Bonchev–Trinajstić information content (AvgIpc) is 2.14. The van der Waals surface area contributed by atoms with Crippen molar-refractivity contribution >= 4 is 0 Å². The molecule has 0 aliphatic carbocycles. The lowest BCUT2D eigenvalue weighted by molar-refractivity contribution is -0.336. The minimum atomic E-state index is -1.67. The summed E-state index contributed by atoms with van der Waals surface area (Å²) in [5.41, 5.74) is 13.6. The molecule has 3 saturated heterocycles. The van der Waals surface area contributed by atoms with Crippen molar-refractivity contribution in [3.8, 4) is 0 Å². The molecule has 6 N–H and O–H groups in total. The second-order valence-electron chi connectivity index (χ2n) is 3.32. The number of nitrogens with one attached hydrogen (secondary N) is 6. The van der Waals surface area contributed by atoms with E-state index >= 15 is 0 Å². The quantitative estimate of drug-likeness (QED) is 0.249. The molecule has 9 nitrogen and oxygen atoms in total. The summed E-state index contributed by atoms with van der Waals surface area (Å²) in [6.45, 7) is 0. The Morgan fingerprint density at radius 2 is 0.812 bits per heavy atom. The highest BCUT2D eigenvalue weighted by atomic mass is 19.2. The highest BCUT2D eigenvalue weighted by molar-refractivity contribution is 4.75. The van der Waals surface area contributed by atoms with Gasteiger partial charge in [-0.3, -0.25) is 0 Å². The van der Waals surface area contributed by atoms with E-state index in [4.69, 9.17) is 0 Å². The molecule has 0 unspecified atom stereocenters. The second kappa shape index (κ2) is 3.73. The SMILES string of the molecule is FC1NN2NC(F)NN3NC(F)NN(N1)C23. The first kappa shape index (κ1) is 10.6. The van der Waals surface area contributed by atoms with Crippen LogP contribution >= 0.6 is 0 Å². The summed E-state index contributed by atoms with van der Waals surface area (Å²) in [5, 5.41) is 3.15. The Hall–Kier alpha value is -0.570. The lowest BCUT2D eigenvalue weighted by atomic mass is 10.7. The second-order valence-corrected chi connectivity index (χ2v) is 3.32. The molecule has 0 aromatic rings. The summed E-state index contributed by atoms with van der Waals surface area (Å²) in [6, 6.07) is 0. The lowest BCUT2D eigenvalue weighted by Crippen LogP contribution is -2.90. The maximum Gasteiger partial charge on any atom is 0.232 e. The van der Waals surface area contributed by atoms with Crippen molar-refractivity contribution in [3.05, 3.63) is 0 Å². The van der Waals surface area contributed by atoms with Crippen LogP contribution in [0.5, 0.6) is 0 Å². The van der Waals surface area contributed by atoms with E-state index in [1.165, 1.54) is 0 Å². The number of hydrogen-bond donors (Lipinski definition) is 6. The zero-order valence-electron chi connectivity index (χ0n) is 7.78. The molecule has 12 heteroatoms. The predicted molar refractivity (Wildman–Crippen MR) is 42.8 cm³/mol. The molecule has 0 amide bonds. The van der Waals surface area contributed by atoms with Gasteiger partial charge >= 0.3 is 0 Å². The predicted octanol–water partition coefficient (Wildman–Crippen LogP) is -3.00. The Kier molecular flexibility index (Phi) is 2.46. The van der Waals surface area contributed by atoms with Crippen LogP contribution in [-0.2, 0) is 0 Å². The molecule has 3 rings (SSSR count). The largest absolute Gasteiger partial charge is 0.232 e. The average molecular weight is 241 g/mol. The Labute approximate surface area is 87.7 Å². The topological polar surface area (TPSA) is 81.9 Å². The van der Waals surface area contributed by atoms with Gasteiger partial charge in [-0.1, -0.05) is 0 Å². The third-order valence-electron chi connectivity index (χ3n) is 2.21. The van der Waals surface area contributed by atoms with Gasteiger partial charge in [0.15, 0.2) is 6.29 Å². The molecule has 16 heavy (non-hydrogen) atoms.